The van der Waals surface area contributed by atoms with E-state index in [9.17, 15) is 22.4 Å². The van der Waals surface area contributed by atoms with Crippen LogP contribution in [0, 0.1) is 28.7 Å². The number of amides is 1. The van der Waals surface area contributed by atoms with Gasteiger partial charge in [-0.2, -0.15) is 0 Å². The Morgan fingerprint density at radius 2 is 1.71 bits per heavy atom. The fraction of sp³-hybridized carbons (Fsp3) is 0.500. The number of carbonyl (C=O) groups excluding carboxylic acids is 1. The largest absolute Gasteiger partial charge is 0.321 e. The van der Waals surface area contributed by atoms with Crippen LogP contribution in [0.5, 0.6) is 0 Å². The summed E-state index contributed by atoms with van der Waals surface area (Å²) in [6.45, 7) is 3.00. The number of piperidine rings is 1. The molecule has 1 heterocycles. The van der Waals surface area contributed by atoms with Crippen LogP contribution in [0.15, 0.2) is 6.07 Å². The predicted molar refractivity (Wildman–Crippen MR) is 69.7 cm³/mol. The molecule has 1 fully saturated rings. The zero-order valence-electron chi connectivity index (χ0n) is 11.5. The molecule has 0 radical (unpaired) electrons. The van der Waals surface area contributed by atoms with E-state index in [1.165, 1.54) is 0 Å². The second-order valence-electron chi connectivity index (χ2n) is 5.18. The first kappa shape index (κ1) is 15.8. The van der Waals surface area contributed by atoms with Crippen LogP contribution >= 0.6 is 0 Å². The molecular formula is C14H16F4N2O. The zero-order valence-corrected chi connectivity index (χ0v) is 11.5. The van der Waals surface area contributed by atoms with Crippen molar-refractivity contribution >= 4 is 11.6 Å². The first-order valence-corrected chi connectivity index (χ1v) is 6.76. The van der Waals surface area contributed by atoms with E-state index in [1.54, 1.807) is 6.92 Å². The Balaban J connectivity index is 2.31. The molecule has 0 aliphatic carbocycles. The lowest BCUT2D eigenvalue weighted by atomic mass is 9.76. The van der Waals surface area contributed by atoms with Crippen LogP contribution < -0.4 is 10.6 Å². The molecule has 0 bridgehead atoms. The standard InChI is InChI=1S/C14H16F4N2O/c1-2-14(3-5-19-6-4-14)13(21)20-12-10(17)8(15)7-9(16)11(12)18/h7,19H,2-6H2,1H3,(H,20,21). The third-order valence-corrected chi connectivity index (χ3v) is 4.07. The fourth-order valence-electron chi connectivity index (χ4n) is 2.58. The van der Waals surface area contributed by atoms with Gasteiger partial charge in [-0.15, -0.1) is 0 Å². The van der Waals surface area contributed by atoms with Gasteiger partial charge >= 0.3 is 0 Å². The highest BCUT2D eigenvalue weighted by Gasteiger charge is 2.38. The highest BCUT2D eigenvalue weighted by Crippen LogP contribution is 2.35. The van der Waals surface area contributed by atoms with E-state index in [0.29, 0.717) is 32.4 Å². The van der Waals surface area contributed by atoms with Gasteiger partial charge in [-0.1, -0.05) is 6.92 Å². The Hall–Kier alpha value is -1.63. The van der Waals surface area contributed by atoms with Gasteiger partial charge in [0, 0.05) is 6.07 Å². The summed E-state index contributed by atoms with van der Waals surface area (Å²) in [5.41, 5.74) is -1.85. The fourth-order valence-corrected chi connectivity index (χ4v) is 2.58. The van der Waals surface area contributed by atoms with Crippen LogP contribution in [-0.4, -0.2) is 19.0 Å². The summed E-state index contributed by atoms with van der Waals surface area (Å²) in [5.74, 6) is -6.89. The number of anilines is 1. The molecule has 1 aromatic rings. The van der Waals surface area contributed by atoms with Crippen molar-refractivity contribution in [3.63, 3.8) is 0 Å². The van der Waals surface area contributed by atoms with Crippen LogP contribution in [0.25, 0.3) is 0 Å². The molecule has 21 heavy (non-hydrogen) atoms. The average molecular weight is 304 g/mol. The van der Waals surface area contributed by atoms with Gasteiger partial charge in [0.05, 0.1) is 5.41 Å². The van der Waals surface area contributed by atoms with Crippen LogP contribution in [0.1, 0.15) is 26.2 Å². The maximum absolute atomic E-state index is 13.6. The highest BCUT2D eigenvalue weighted by molar-refractivity contribution is 5.95. The summed E-state index contributed by atoms with van der Waals surface area (Å²) >= 11 is 0. The second kappa shape index (κ2) is 6.01. The van der Waals surface area contributed by atoms with E-state index in [4.69, 9.17) is 0 Å². The van der Waals surface area contributed by atoms with E-state index < -0.39 is 40.3 Å². The van der Waals surface area contributed by atoms with Gasteiger partial charge in [0.15, 0.2) is 23.3 Å². The quantitative estimate of drug-likeness (QED) is 0.666. The Morgan fingerprint density at radius 3 is 2.19 bits per heavy atom. The number of hydrogen-bond acceptors (Lipinski definition) is 2. The summed E-state index contributed by atoms with van der Waals surface area (Å²) < 4.78 is 53.5. The molecule has 1 aliphatic rings. The van der Waals surface area contributed by atoms with Crippen molar-refractivity contribution < 1.29 is 22.4 Å². The number of carbonyl (C=O) groups is 1. The molecule has 0 saturated carbocycles. The van der Waals surface area contributed by atoms with E-state index in [0.717, 1.165) is 0 Å². The summed E-state index contributed by atoms with van der Waals surface area (Å²) in [4.78, 5) is 12.3. The average Bonchev–Trinajstić information content (AvgIpc) is 2.50. The second-order valence-corrected chi connectivity index (χ2v) is 5.18. The lowest BCUT2D eigenvalue weighted by molar-refractivity contribution is -0.127. The Labute approximate surface area is 119 Å². The van der Waals surface area contributed by atoms with Crippen molar-refractivity contribution in [1.29, 1.82) is 0 Å². The Bertz CT molecular complexity index is 530. The van der Waals surface area contributed by atoms with Crippen molar-refractivity contribution in [1.82, 2.24) is 5.32 Å². The summed E-state index contributed by atoms with van der Waals surface area (Å²) in [6, 6.07) is 0.112. The van der Waals surface area contributed by atoms with Crippen LogP contribution in [0.3, 0.4) is 0 Å². The molecule has 3 nitrogen and oxygen atoms in total. The molecule has 0 atom stereocenters. The molecule has 1 amide bonds. The van der Waals surface area contributed by atoms with E-state index in [-0.39, 0.29) is 6.07 Å². The first-order valence-electron chi connectivity index (χ1n) is 6.76. The molecular weight excluding hydrogens is 288 g/mol. The van der Waals surface area contributed by atoms with E-state index >= 15 is 0 Å². The molecule has 2 N–H and O–H groups in total. The Kier molecular flexibility index (Phi) is 4.51. The van der Waals surface area contributed by atoms with Gasteiger partial charge < -0.3 is 10.6 Å². The normalized spacial score (nSPS) is 17.6. The maximum atomic E-state index is 13.6. The van der Waals surface area contributed by atoms with Crippen molar-refractivity contribution in [3.05, 3.63) is 29.3 Å². The molecule has 1 aromatic carbocycles. The Morgan fingerprint density at radius 1 is 1.19 bits per heavy atom. The van der Waals surface area contributed by atoms with Gasteiger partial charge in [0.1, 0.15) is 5.69 Å². The molecule has 0 unspecified atom stereocenters. The number of benzene rings is 1. The zero-order chi connectivity index (χ0) is 15.6. The minimum Gasteiger partial charge on any atom is -0.321 e. The van der Waals surface area contributed by atoms with Crippen LogP contribution in [0.2, 0.25) is 0 Å². The number of rotatable bonds is 3. The number of hydrogen-bond donors (Lipinski definition) is 2. The van der Waals surface area contributed by atoms with Gasteiger partial charge in [-0.3, -0.25) is 4.79 Å². The van der Waals surface area contributed by atoms with Gasteiger partial charge in [0.2, 0.25) is 5.91 Å². The minimum atomic E-state index is -1.59. The van der Waals surface area contributed by atoms with Crippen molar-refractivity contribution in [2.75, 3.05) is 18.4 Å². The molecule has 1 aliphatic heterocycles. The molecule has 116 valence electrons. The monoisotopic (exact) mass is 304 g/mol. The maximum Gasteiger partial charge on any atom is 0.230 e. The molecule has 7 heteroatoms. The minimum absolute atomic E-state index is 0.112. The summed E-state index contributed by atoms with van der Waals surface area (Å²) in [5, 5.41) is 5.11. The smallest absolute Gasteiger partial charge is 0.230 e. The highest BCUT2D eigenvalue weighted by atomic mass is 19.2. The molecule has 1 saturated heterocycles. The van der Waals surface area contributed by atoms with Gasteiger partial charge in [-0.25, -0.2) is 17.6 Å². The van der Waals surface area contributed by atoms with Crippen molar-refractivity contribution in [2.24, 2.45) is 5.41 Å². The summed E-state index contributed by atoms with van der Waals surface area (Å²) in [6.07, 6.45) is 1.47. The van der Waals surface area contributed by atoms with Gasteiger partial charge in [-0.05, 0) is 32.4 Å². The number of nitrogens with one attached hydrogen (secondary N) is 2. The first-order chi connectivity index (χ1) is 9.91. The lowest BCUT2D eigenvalue weighted by Gasteiger charge is -2.35. The third-order valence-electron chi connectivity index (χ3n) is 4.07. The topological polar surface area (TPSA) is 41.1 Å². The van der Waals surface area contributed by atoms with E-state index in [2.05, 4.69) is 5.32 Å². The SMILES string of the molecule is CCC1(C(=O)Nc2c(F)c(F)cc(F)c2F)CCNCC1. The van der Waals surface area contributed by atoms with E-state index in [1.807, 2.05) is 5.32 Å². The van der Waals surface area contributed by atoms with Crippen molar-refractivity contribution in [2.45, 2.75) is 26.2 Å². The van der Waals surface area contributed by atoms with Crippen LogP contribution in [0.4, 0.5) is 23.2 Å². The predicted octanol–water partition coefficient (Wildman–Crippen LogP) is 2.96. The van der Waals surface area contributed by atoms with Crippen molar-refractivity contribution in [3.8, 4) is 0 Å². The molecule has 0 spiro atoms. The third kappa shape index (κ3) is 2.88. The lowest BCUT2D eigenvalue weighted by Crippen LogP contribution is -2.44. The molecule has 2 rings (SSSR count). The van der Waals surface area contributed by atoms with Crippen LogP contribution in [-0.2, 0) is 4.79 Å². The number of halogens is 4. The summed E-state index contributed by atoms with van der Waals surface area (Å²) in [7, 11) is 0. The van der Waals surface area contributed by atoms with Gasteiger partial charge in [0.25, 0.3) is 0 Å². The molecule has 0 aromatic heterocycles.